The van der Waals surface area contributed by atoms with E-state index in [2.05, 4.69) is 19.0 Å². The molecule has 0 bridgehead atoms. The maximum Gasteiger partial charge on any atom is 0.128 e. The van der Waals surface area contributed by atoms with E-state index in [-0.39, 0.29) is 0 Å². The molecular weight excluding hydrogens is 226 g/mol. The van der Waals surface area contributed by atoms with Crippen LogP contribution in [-0.4, -0.2) is 17.5 Å². The van der Waals surface area contributed by atoms with Crippen LogP contribution in [0, 0.1) is 12.8 Å². The van der Waals surface area contributed by atoms with E-state index in [1.165, 1.54) is 0 Å². The van der Waals surface area contributed by atoms with E-state index >= 15 is 0 Å². The second-order valence-corrected chi connectivity index (χ2v) is 4.68. The molecule has 0 aliphatic rings. The molecule has 1 aromatic carbocycles. The highest BCUT2D eigenvalue weighted by atomic mass is 16.5. The van der Waals surface area contributed by atoms with Gasteiger partial charge >= 0.3 is 0 Å². The summed E-state index contributed by atoms with van der Waals surface area (Å²) in [6, 6.07) is 5.92. The molecule has 18 heavy (non-hydrogen) atoms. The Kier molecular flexibility index (Phi) is 5.69. The lowest BCUT2D eigenvalue weighted by Gasteiger charge is -2.16. The van der Waals surface area contributed by atoms with Crippen LogP contribution >= 0.6 is 0 Å². The first kappa shape index (κ1) is 14.6. The van der Waals surface area contributed by atoms with Gasteiger partial charge in [0, 0.05) is 5.56 Å². The molecule has 0 saturated heterocycles. The number of benzene rings is 1. The third-order valence-corrected chi connectivity index (χ3v) is 3.31. The lowest BCUT2D eigenvalue weighted by Crippen LogP contribution is -2.12. The first-order valence-electron chi connectivity index (χ1n) is 6.54. The first-order valence-corrected chi connectivity index (χ1v) is 6.54. The van der Waals surface area contributed by atoms with E-state index in [9.17, 15) is 0 Å². The number of hydrogen-bond donors (Lipinski definition) is 1. The number of nitrogens with zero attached hydrogens (tertiary/aromatic N) is 1. The van der Waals surface area contributed by atoms with Crippen LogP contribution in [0.1, 0.15) is 44.7 Å². The van der Waals surface area contributed by atoms with Gasteiger partial charge in [0.15, 0.2) is 0 Å². The van der Waals surface area contributed by atoms with E-state index in [1.54, 1.807) is 6.92 Å². The standard InChI is InChI=1S/C15H23NO2/c1-5-13(6-2)10-18-15-9-11(3)7-8-14(15)12(4)16-17/h7-9,13,17H,5-6,10H2,1-4H3/b16-12+. The summed E-state index contributed by atoms with van der Waals surface area (Å²) in [5.41, 5.74) is 2.58. The average molecular weight is 249 g/mol. The molecule has 0 aliphatic heterocycles. The fourth-order valence-corrected chi connectivity index (χ4v) is 1.83. The van der Waals surface area contributed by atoms with E-state index in [0.29, 0.717) is 18.2 Å². The third kappa shape index (κ3) is 3.76. The van der Waals surface area contributed by atoms with Gasteiger partial charge in [0.25, 0.3) is 0 Å². The molecule has 0 aliphatic carbocycles. The van der Waals surface area contributed by atoms with Gasteiger partial charge in [0.1, 0.15) is 5.75 Å². The van der Waals surface area contributed by atoms with Gasteiger partial charge in [-0.15, -0.1) is 0 Å². The molecular formula is C15H23NO2. The summed E-state index contributed by atoms with van der Waals surface area (Å²) in [5.74, 6) is 1.38. The highest BCUT2D eigenvalue weighted by molar-refractivity contribution is 6.00. The topological polar surface area (TPSA) is 41.8 Å². The Morgan fingerprint density at radius 2 is 2.00 bits per heavy atom. The zero-order chi connectivity index (χ0) is 13.5. The summed E-state index contributed by atoms with van der Waals surface area (Å²) in [4.78, 5) is 0. The monoisotopic (exact) mass is 249 g/mol. The lowest BCUT2D eigenvalue weighted by atomic mass is 10.0. The van der Waals surface area contributed by atoms with Crippen molar-refractivity contribution < 1.29 is 9.94 Å². The zero-order valence-corrected chi connectivity index (χ0v) is 11.7. The van der Waals surface area contributed by atoms with Crippen molar-refractivity contribution in [1.29, 1.82) is 0 Å². The van der Waals surface area contributed by atoms with Crippen LogP contribution < -0.4 is 4.74 Å². The van der Waals surface area contributed by atoms with E-state index in [1.807, 2.05) is 25.1 Å². The molecule has 0 fully saturated rings. The summed E-state index contributed by atoms with van der Waals surface area (Å²) in [5, 5.41) is 12.1. The molecule has 100 valence electrons. The maximum atomic E-state index is 8.88. The predicted molar refractivity (Wildman–Crippen MR) is 74.7 cm³/mol. The molecule has 0 saturated carbocycles. The molecule has 0 heterocycles. The molecule has 0 unspecified atom stereocenters. The molecule has 3 heteroatoms. The Morgan fingerprint density at radius 1 is 1.33 bits per heavy atom. The van der Waals surface area contributed by atoms with Crippen molar-refractivity contribution >= 4 is 5.71 Å². The fraction of sp³-hybridized carbons (Fsp3) is 0.533. The highest BCUT2D eigenvalue weighted by Gasteiger charge is 2.10. The molecule has 1 aromatic rings. The van der Waals surface area contributed by atoms with Gasteiger partial charge in [-0.1, -0.05) is 37.9 Å². The van der Waals surface area contributed by atoms with Gasteiger partial charge < -0.3 is 9.94 Å². The fourth-order valence-electron chi connectivity index (χ4n) is 1.83. The quantitative estimate of drug-likeness (QED) is 0.470. The van der Waals surface area contributed by atoms with Gasteiger partial charge in [0.2, 0.25) is 0 Å². The number of ether oxygens (including phenoxy) is 1. The van der Waals surface area contributed by atoms with E-state index in [0.717, 1.165) is 29.7 Å². The Labute approximate surface area is 109 Å². The van der Waals surface area contributed by atoms with Crippen molar-refractivity contribution in [2.75, 3.05) is 6.61 Å². The van der Waals surface area contributed by atoms with Crippen LogP contribution in [0.4, 0.5) is 0 Å². The van der Waals surface area contributed by atoms with Crippen LogP contribution in [-0.2, 0) is 0 Å². The summed E-state index contributed by atoms with van der Waals surface area (Å²) >= 11 is 0. The van der Waals surface area contributed by atoms with Crippen molar-refractivity contribution in [3.05, 3.63) is 29.3 Å². The molecule has 1 rings (SSSR count). The van der Waals surface area contributed by atoms with Crippen LogP contribution in [0.5, 0.6) is 5.75 Å². The molecule has 0 amide bonds. The lowest BCUT2D eigenvalue weighted by molar-refractivity contribution is 0.240. The Bertz CT molecular complexity index is 409. The first-order chi connectivity index (χ1) is 8.62. The van der Waals surface area contributed by atoms with Crippen LogP contribution in [0.2, 0.25) is 0 Å². The van der Waals surface area contributed by atoms with Crippen LogP contribution in [0.15, 0.2) is 23.4 Å². The minimum atomic E-state index is 0.574. The molecule has 3 nitrogen and oxygen atoms in total. The average Bonchev–Trinajstić information content (AvgIpc) is 2.39. The van der Waals surface area contributed by atoms with Gasteiger partial charge in [0.05, 0.1) is 12.3 Å². The normalized spacial score (nSPS) is 11.9. The predicted octanol–water partition coefficient (Wildman–Crippen LogP) is 4.01. The maximum absolute atomic E-state index is 8.88. The van der Waals surface area contributed by atoms with E-state index in [4.69, 9.17) is 9.94 Å². The molecule has 0 spiro atoms. The van der Waals surface area contributed by atoms with Crippen molar-refractivity contribution in [3.63, 3.8) is 0 Å². The van der Waals surface area contributed by atoms with Crippen molar-refractivity contribution in [3.8, 4) is 5.75 Å². The summed E-state index contributed by atoms with van der Waals surface area (Å²) in [7, 11) is 0. The number of aryl methyl sites for hydroxylation is 1. The number of hydrogen-bond acceptors (Lipinski definition) is 3. The zero-order valence-electron chi connectivity index (χ0n) is 11.7. The van der Waals surface area contributed by atoms with Crippen molar-refractivity contribution in [1.82, 2.24) is 0 Å². The van der Waals surface area contributed by atoms with E-state index < -0.39 is 0 Å². The minimum Gasteiger partial charge on any atom is -0.493 e. The second kappa shape index (κ2) is 7.04. The second-order valence-electron chi connectivity index (χ2n) is 4.68. The summed E-state index contributed by atoms with van der Waals surface area (Å²) in [6.45, 7) is 8.86. The van der Waals surface area contributed by atoms with Crippen molar-refractivity contribution in [2.45, 2.75) is 40.5 Å². The van der Waals surface area contributed by atoms with Gasteiger partial charge in [-0.05, 0) is 37.5 Å². The van der Waals surface area contributed by atoms with Gasteiger partial charge in [-0.25, -0.2) is 0 Å². The highest BCUT2D eigenvalue weighted by Crippen LogP contribution is 2.22. The largest absolute Gasteiger partial charge is 0.493 e. The summed E-state index contributed by atoms with van der Waals surface area (Å²) < 4.78 is 5.89. The van der Waals surface area contributed by atoms with Gasteiger partial charge in [-0.3, -0.25) is 0 Å². The molecule has 1 N–H and O–H groups in total. The molecule has 0 atom stereocenters. The molecule has 0 radical (unpaired) electrons. The Hall–Kier alpha value is -1.51. The Morgan fingerprint density at radius 3 is 2.56 bits per heavy atom. The number of rotatable bonds is 6. The summed E-state index contributed by atoms with van der Waals surface area (Å²) in [6.07, 6.45) is 2.23. The smallest absolute Gasteiger partial charge is 0.128 e. The number of oxime groups is 1. The SMILES string of the molecule is CCC(CC)COc1cc(C)ccc1/C(C)=N/O. The van der Waals surface area contributed by atoms with Gasteiger partial charge in [-0.2, -0.15) is 0 Å². The molecule has 0 aromatic heterocycles. The van der Waals surface area contributed by atoms with Crippen LogP contribution in [0.3, 0.4) is 0 Å². The third-order valence-electron chi connectivity index (χ3n) is 3.31. The van der Waals surface area contributed by atoms with Crippen LogP contribution in [0.25, 0.3) is 0 Å². The Balaban J connectivity index is 2.89. The van der Waals surface area contributed by atoms with Crippen molar-refractivity contribution in [2.24, 2.45) is 11.1 Å². The minimum absolute atomic E-state index is 0.574.